The summed E-state index contributed by atoms with van der Waals surface area (Å²) in [6, 6.07) is 16.9. The number of anilines is 2. The topological polar surface area (TPSA) is 93.2 Å². The fraction of sp³-hybridized carbons (Fsp3) is 0.182. The van der Waals surface area contributed by atoms with Crippen molar-refractivity contribution >= 4 is 23.5 Å². The number of carbonyl (C=O) groups excluding carboxylic acids is 2. The molecule has 1 amide bonds. The summed E-state index contributed by atoms with van der Waals surface area (Å²) in [6.45, 7) is 0.577. The predicted molar refractivity (Wildman–Crippen MR) is 110 cm³/mol. The third-order valence-electron chi connectivity index (χ3n) is 4.22. The molecule has 3 rings (SSSR count). The highest BCUT2D eigenvalue weighted by molar-refractivity contribution is 5.93. The molecule has 2 N–H and O–H groups in total. The van der Waals surface area contributed by atoms with Gasteiger partial charge in [0.15, 0.2) is 0 Å². The number of hydrogen-bond acceptors (Lipinski definition) is 6. The number of nitrogens with zero attached hydrogens (tertiary/aromatic N) is 2. The molecule has 3 aromatic rings. The third-order valence-corrected chi connectivity index (χ3v) is 4.22. The molecule has 148 valence electrons. The van der Waals surface area contributed by atoms with Crippen molar-refractivity contribution in [2.75, 3.05) is 19.0 Å². The Morgan fingerprint density at radius 3 is 2.45 bits per heavy atom. The average Bonchev–Trinajstić information content (AvgIpc) is 2.77. The minimum Gasteiger partial charge on any atom is -0.465 e. The summed E-state index contributed by atoms with van der Waals surface area (Å²) in [6.07, 6.45) is 4.69. The lowest BCUT2D eigenvalue weighted by molar-refractivity contribution is 0.0600. The molecule has 0 radical (unpaired) electrons. The van der Waals surface area contributed by atoms with Crippen LogP contribution in [0.2, 0.25) is 0 Å². The molecule has 7 nitrogen and oxygen atoms in total. The van der Waals surface area contributed by atoms with Crippen LogP contribution in [0.4, 0.5) is 11.6 Å². The van der Waals surface area contributed by atoms with Gasteiger partial charge in [-0.25, -0.2) is 14.8 Å². The van der Waals surface area contributed by atoms with Gasteiger partial charge in [0.25, 0.3) is 5.91 Å². The minimum absolute atomic E-state index is 0.211. The first-order valence-electron chi connectivity index (χ1n) is 9.25. The molecule has 0 fully saturated rings. The number of aryl methyl sites for hydroxylation is 1. The molecule has 0 aliphatic rings. The van der Waals surface area contributed by atoms with E-state index in [9.17, 15) is 9.59 Å². The molecule has 0 saturated carbocycles. The second-order valence-electron chi connectivity index (χ2n) is 6.34. The van der Waals surface area contributed by atoms with E-state index >= 15 is 0 Å². The van der Waals surface area contributed by atoms with Crippen molar-refractivity contribution in [2.45, 2.75) is 12.8 Å². The van der Waals surface area contributed by atoms with E-state index in [0.29, 0.717) is 29.3 Å². The molecule has 7 heteroatoms. The van der Waals surface area contributed by atoms with Gasteiger partial charge in [0.1, 0.15) is 0 Å². The Morgan fingerprint density at radius 1 is 0.966 bits per heavy atom. The number of ether oxygens (including phenoxy) is 1. The highest BCUT2D eigenvalue weighted by Crippen LogP contribution is 2.15. The zero-order chi connectivity index (χ0) is 20.5. The van der Waals surface area contributed by atoms with Crippen LogP contribution in [0.15, 0.2) is 67.0 Å². The maximum absolute atomic E-state index is 12.2. The van der Waals surface area contributed by atoms with Gasteiger partial charge in [-0.2, -0.15) is 0 Å². The van der Waals surface area contributed by atoms with Gasteiger partial charge >= 0.3 is 5.97 Å². The molecular formula is C22H22N4O3. The third kappa shape index (κ3) is 5.87. The number of amides is 1. The van der Waals surface area contributed by atoms with Crippen LogP contribution in [0.5, 0.6) is 0 Å². The maximum atomic E-state index is 12.2. The summed E-state index contributed by atoms with van der Waals surface area (Å²) < 4.78 is 4.71. The van der Waals surface area contributed by atoms with Crippen LogP contribution < -0.4 is 10.6 Å². The Balaban J connectivity index is 1.50. The summed E-state index contributed by atoms with van der Waals surface area (Å²) in [5, 5.41) is 5.87. The molecule has 0 unspecified atom stereocenters. The fourth-order valence-corrected chi connectivity index (χ4v) is 2.72. The number of aromatic nitrogens is 2. The lowest BCUT2D eigenvalue weighted by Crippen LogP contribution is -2.25. The molecule has 0 aliphatic heterocycles. The van der Waals surface area contributed by atoms with Crippen molar-refractivity contribution in [3.8, 4) is 0 Å². The van der Waals surface area contributed by atoms with Crippen molar-refractivity contribution in [1.29, 1.82) is 0 Å². The number of benzene rings is 2. The van der Waals surface area contributed by atoms with Gasteiger partial charge in [-0.15, -0.1) is 0 Å². The number of rotatable bonds is 8. The summed E-state index contributed by atoms with van der Waals surface area (Å²) in [7, 11) is 1.33. The standard InChI is InChI=1S/C22H22N4O3/c1-29-21(28)17-10-5-11-19(13-17)26-22-24-14-18(15-25-22)20(27)23-12-6-9-16-7-3-2-4-8-16/h2-5,7-8,10-11,13-15H,6,9,12H2,1H3,(H,23,27)(H,24,25,26). The smallest absolute Gasteiger partial charge is 0.337 e. The van der Waals surface area contributed by atoms with Crippen molar-refractivity contribution in [3.63, 3.8) is 0 Å². The maximum Gasteiger partial charge on any atom is 0.337 e. The minimum atomic E-state index is -0.422. The van der Waals surface area contributed by atoms with Crippen molar-refractivity contribution in [1.82, 2.24) is 15.3 Å². The van der Waals surface area contributed by atoms with Crippen LogP contribution in [-0.4, -0.2) is 35.5 Å². The molecule has 0 atom stereocenters. The normalized spacial score (nSPS) is 10.2. The molecule has 1 aromatic heterocycles. The Kier molecular flexibility index (Phi) is 6.89. The number of methoxy groups -OCH3 is 1. The molecule has 1 heterocycles. The SMILES string of the molecule is COC(=O)c1cccc(Nc2ncc(C(=O)NCCCc3ccccc3)cn2)c1. The van der Waals surface area contributed by atoms with Crippen LogP contribution in [-0.2, 0) is 11.2 Å². The Bertz CT molecular complexity index is 959. The van der Waals surface area contributed by atoms with Gasteiger partial charge in [0, 0.05) is 24.6 Å². The summed E-state index contributed by atoms with van der Waals surface area (Å²) in [4.78, 5) is 32.1. The first-order valence-corrected chi connectivity index (χ1v) is 9.25. The van der Waals surface area contributed by atoms with E-state index in [-0.39, 0.29) is 5.91 Å². The van der Waals surface area contributed by atoms with Crippen LogP contribution >= 0.6 is 0 Å². The molecule has 29 heavy (non-hydrogen) atoms. The lowest BCUT2D eigenvalue weighted by Gasteiger charge is -2.08. The van der Waals surface area contributed by atoms with Crippen LogP contribution in [0.25, 0.3) is 0 Å². The summed E-state index contributed by atoms with van der Waals surface area (Å²) in [5.74, 6) is -0.307. The molecule has 0 saturated heterocycles. The Morgan fingerprint density at radius 2 is 1.72 bits per heavy atom. The van der Waals surface area contributed by atoms with E-state index in [4.69, 9.17) is 4.74 Å². The molecule has 0 bridgehead atoms. The van der Waals surface area contributed by atoms with Crippen LogP contribution in [0, 0.1) is 0 Å². The second-order valence-corrected chi connectivity index (χ2v) is 6.34. The van der Waals surface area contributed by atoms with Crippen molar-refractivity contribution < 1.29 is 14.3 Å². The van der Waals surface area contributed by atoms with Gasteiger partial charge in [-0.3, -0.25) is 4.79 Å². The first-order chi connectivity index (χ1) is 14.2. The van der Waals surface area contributed by atoms with Gasteiger partial charge in [0.2, 0.25) is 5.95 Å². The van der Waals surface area contributed by atoms with Crippen molar-refractivity contribution in [2.24, 2.45) is 0 Å². The van der Waals surface area contributed by atoms with E-state index in [1.54, 1.807) is 24.3 Å². The van der Waals surface area contributed by atoms with E-state index < -0.39 is 5.97 Å². The first kappa shape index (κ1) is 20.0. The molecular weight excluding hydrogens is 368 g/mol. The number of hydrogen-bond donors (Lipinski definition) is 2. The quantitative estimate of drug-likeness (QED) is 0.452. The number of nitrogens with one attached hydrogen (secondary N) is 2. The highest BCUT2D eigenvalue weighted by atomic mass is 16.5. The van der Waals surface area contributed by atoms with Gasteiger partial charge in [-0.05, 0) is 36.6 Å². The van der Waals surface area contributed by atoms with Crippen LogP contribution in [0.3, 0.4) is 0 Å². The molecule has 0 spiro atoms. The fourth-order valence-electron chi connectivity index (χ4n) is 2.72. The predicted octanol–water partition coefficient (Wildman–Crippen LogP) is 3.37. The summed E-state index contributed by atoms with van der Waals surface area (Å²) >= 11 is 0. The van der Waals surface area contributed by atoms with E-state index in [1.165, 1.54) is 25.1 Å². The summed E-state index contributed by atoms with van der Waals surface area (Å²) in [5.41, 5.74) is 2.70. The average molecular weight is 390 g/mol. The molecule has 2 aromatic carbocycles. The Labute approximate surface area is 169 Å². The second kappa shape index (κ2) is 9.98. The molecule has 0 aliphatic carbocycles. The van der Waals surface area contributed by atoms with E-state index in [2.05, 4.69) is 32.7 Å². The zero-order valence-electron chi connectivity index (χ0n) is 16.1. The lowest BCUT2D eigenvalue weighted by atomic mass is 10.1. The monoisotopic (exact) mass is 390 g/mol. The van der Waals surface area contributed by atoms with E-state index in [0.717, 1.165) is 12.8 Å². The van der Waals surface area contributed by atoms with Crippen molar-refractivity contribution in [3.05, 3.63) is 83.7 Å². The van der Waals surface area contributed by atoms with Crippen LogP contribution in [0.1, 0.15) is 32.7 Å². The van der Waals surface area contributed by atoms with E-state index in [1.807, 2.05) is 18.2 Å². The zero-order valence-corrected chi connectivity index (χ0v) is 16.1. The van der Waals surface area contributed by atoms with Gasteiger partial charge < -0.3 is 15.4 Å². The largest absolute Gasteiger partial charge is 0.465 e. The highest BCUT2D eigenvalue weighted by Gasteiger charge is 2.09. The van der Waals surface area contributed by atoms with Gasteiger partial charge in [0.05, 0.1) is 18.2 Å². The Hall–Kier alpha value is -3.74. The van der Waals surface area contributed by atoms with Gasteiger partial charge in [-0.1, -0.05) is 36.4 Å². The number of carbonyl (C=O) groups is 2. The number of esters is 1.